The molecule has 1 aliphatic heterocycles. The lowest BCUT2D eigenvalue weighted by molar-refractivity contribution is 0.0625. The number of aromatic nitrogens is 2. The molecule has 2 aromatic heterocycles. The van der Waals surface area contributed by atoms with Crippen LogP contribution in [0.15, 0.2) is 54.9 Å². The van der Waals surface area contributed by atoms with E-state index < -0.39 is 0 Å². The van der Waals surface area contributed by atoms with Crippen LogP contribution >= 0.6 is 0 Å². The Kier molecular flexibility index (Phi) is 5.35. The summed E-state index contributed by atoms with van der Waals surface area (Å²) in [4.78, 5) is 26.8. The molecule has 1 fully saturated rings. The van der Waals surface area contributed by atoms with Gasteiger partial charge in [-0.25, -0.2) is 4.98 Å². The zero-order valence-electron chi connectivity index (χ0n) is 16.5. The van der Waals surface area contributed by atoms with Crippen molar-refractivity contribution in [3.8, 4) is 11.3 Å². The molecule has 1 aromatic carbocycles. The number of benzene rings is 1. The van der Waals surface area contributed by atoms with Gasteiger partial charge in [-0.2, -0.15) is 0 Å². The number of carbonyl (C=O) groups is 1. The van der Waals surface area contributed by atoms with Crippen LogP contribution in [0.1, 0.15) is 24.2 Å². The molecule has 0 unspecified atom stereocenters. The van der Waals surface area contributed by atoms with Gasteiger partial charge in [-0.3, -0.25) is 14.7 Å². The first kappa shape index (κ1) is 18.6. The van der Waals surface area contributed by atoms with Gasteiger partial charge >= 0.3 is 0 Å². The molecule has 5 heteroatoms. The molecule has 0 bridgehead atoms. The number of amides is 1. The van der Waals surface area contributed by atoms with Crippen molar-refractivity contribution in [2.24, 2.45) is 5.92 Å². The highest BCUT2D eigenvalue weighted by Crippen LogP contribution is 2.25. The van der Waals surface area contributed by atoms with Gasteiger partial charge < -0.3 is 4.90 Å². The Morgan fingerprint density at radius 3 is 2.57 bits per heavy atom. The molecule has 0 radical (unpaired) electrons. The highest BCUT2D eigenvalue weighted by atomic mass is 16.2. The van der Waals surface area contributed by atoms with Crippen LogP contribution in [0, 0.1) is 5.92 Å². The number of hydrogen-bond acceptors (Lipinski definition) is 4. The maximum Gasteiger partial charge on any atom is 0.254 e. The van der Waals surface area contributed by atoms with Crippen molar-refractivity contribution >= 4 is 16.8 Å². The van der Waals surface area contributed by atoms with Crippen molar-refractivity contribution in [1.29, 1.82) is 0 Å². The lowest BCUT2D eigenvalue weighted by atomic mass is 10.0. The Bertz CT molecular complexity index is 963. The first-order chi connectivity index (χ1) is 13.6. The molecule has 1 aliphatic rings. The average molecular weight is 374 g/mol. The molecule has 144 valence electrons. The van der Waals surface area contributed by atoms with Crippen LogP contribution in [0.4, 0.5) is 0 Å². The molecule has 0 spiro atoms. The quantitative estimate of drug-likeness (QED) is 0.698. The minimum absolute atomic E-state index is 0.0907. The lowest BCUT2D eigenvalue weighted by Gasteiger charge is -2.35. The third kappa shape index (κ3) is 3.90. The number of fused-ring (bicyclic) bond motifs is 1. The van der Waals surface area contributed by atoms with E-state index in [1.165, 1.54) is 0 Å². The Hall–Kier alpha value is -2.79. The SMILES string of the molecule is CC(C)CN1CCN(C(=O)c2cc(-c3cccnc3)nc3ccccc23)CC1. The third-order valence-electron chi connectivity index (χ3n) is 5.19. The van der Waals surface area contributed by atoms with Gasteiger partial charge in [0.25, 0.3) is 5.91 Å². The molecule has 3 heterocycles. The van der Waals surface area contributed by atoms with E-state index in [0.717, 1.165) is 60.4 Å². The van der Waals surface area contributed by atoms with Crippen molar-refractivity contribution in [1.82, 2.24) is 19.8 Å². The van der Waals surface area contributed by atoms with Crippen LogP contribution in [0.3, 0.4) is 0 Å². The maximum atomic E-state index is 13.4. The van der Waals surface area contributed by atoms with Crippen LogP contribution in [0.25, 0.3) is 22.2 Å². The van der Waals surface area contributed by atoms with Crippen molar-refractivity contribution in [3.63, 3.8) is 0 Å². The minimum Gasteiger partial charge on any atom is -0.336 e. The summed E-state index contributed by atoms with van der Waals surface area (Å²) in [6.07, 6.45) is 3.53. The zero-order valence-corrected chi connectivity index (χ0v) is 16.5. The molecule has 1 saturated heterocycles. The van der Waals surface area contributed by atoms with Gasteiger partial charge in [0, 0.05) is 56.1 Å². The molecule has 0 aliphatic carbocycles. The second-order valence-corrected chi connectivity index (χ2v) is 7.80. The molecule has 0 saturated carbocycles. The fourth-order valence-corrected chi connectivity index (χ4v) is 3.83. The monoisotopic (exact) mass is 374 g/mol. The van der Waals surface area contributed by atoms with Crippen LogP contribution in [-0.2, 0) is 0 Å². The highest BCUT2D eigenvalue weighted by Gasteiger charge is 2.24. The second kappa shape index (κ2) is 8.07. The normalized spacial score (nSPS) is 15.3. The summed E-state index contributed by atoms with van der Waals surface area (Å²) in [6, 6.07) is 13.7. The zero-order chi connectivity index (χ0) is 19.5. The van der Waals surface area contributed by atoms with E-state index in [1.807, 2.05) is 47.4 Å². The van der Waals surface area contributed by atoms with E-state index >= 15 is 0 Å². The number of piperazine rings is 1. The molecule has 1 amide bonds. The third-order valence-corrected chi connectivity index (χ3v) is 5.19. The van der Waals surface area contributed by atoms with E-state index in [2.05, 4.69) is 23.7 Å². The summed E-state index contributed by atoms with van der Waals surface area (Å²) in [5.74, 6) is 0.737. The topological polar surface area (TPSA) is 49.3 Å². The number of rotatable bonds is 4. The number of para-hydroxylation sites is 1. The summed E-state index contributed by atoms with van der Waals surface area (Å²) < 4.78 is 0. The van der Waals surface area contributed by atoms with Crippen molar-refractivity contribution < 1.29 is 4.79 Å². The van der Waals surface area contributed by atoms with Gasteiger partial charge in [0.15, 0.2) is 0 Å². The fraction of sp³-hybridized carbons (Fsp3) is 0.348. The molecule has 4 rings (SSSR count). The van der Waals surface area contributed by atoms with Crippen molar-refractivity contribution in [3.05, 3.63) is 60.4 Å². The number of hydrogen-bond donors (Lipinski definition) is 0. The van der Waals surface area contributed by atoms with Gasteiger partial charge in [-0.05, 0) is 30.2 Å². The Morgan fingerprint density at radius 2 is 1.86 bits per heavy atom. The van der Waals surface area contributed by atoms with E-state index in [4.69, 9.17) is 4.98 Å². The van der Waals surface area contributed by atoms with Crippen LogP contribution in [-0.4, -0.2) is 58.4 Å². The minimum atomic E-state index is 0.0907. The predicted octanol–water partition coefficient (Wildman–Crippen LogP) is 3.71. The molecule has 5 nitrogen and oxygen atoms in total. The Morgan fingerprint density at radius 1 is 1.07 bits per heavy atom. The first-order valence-corrected chi connectivity index (χ1v) is 9.93. The van der Waals surface area contributed by atoms with Crippen LogP contribution in [0.2, 0.25) is 0 Å². The number of carbonyl (C=O) groups excluding carboxylic acids is 1. The standard InChI is InChI=1S/C23H26N4O/c1-17(2)16-26-10-12-27(13-11-26)23(28)20-14-22(18-6-5-9-24-15-18)25-21-8-4-3-7-19(20)21/h3-9,14-15,17H,10-13,16H2,1-2H3. The van der Waals surface area contributed by atoms with E-state index in [9.17, 15) is 4.79 Å². The molecule has 28 heavy (non-hydrogen) atoms. The van der Waals surface area contributed by atoms with E-state index in [1.54, 1.807) is 12.4 Å². The Labute approximate surface area is 166 Å². The molecule has 0 N–H and O–H groups in total. The van der Waals surface area contributed by atoms with E-state index in [0.29, 0.717) is 5.92 Å². The number of nitrogens with zero attached hydrogens (tertiary/aromatic N) is 4. The molecular formula is C23H26N4O. The predicted molar refractivity (Wildman–Crippen MR) is 112 cm³/mol. The van der Waals surface area contributed by atoms with Gasteiger partial charge in [-0.1, -0.05) is 32.0 Å². The first-order valence-electron chi connectivity index (χ1n) is 9.93. The summed E-state index contributed by atoms with van der Waals surface area (Å²) in [5.41, 5.74) is 3.27. The van der Waals surface area contributed by atoms with Gasteiger partial charge in [0.05, 0.1) is 16.8 Å². The van der Waals surface area contributed by atoms with Gasteiger partial charge in [0.2, 0.25) is 0 Å². The van der Waals surface area contributed by atoms with Crippen LogP contribution in [0.5, 0.6) is 0 Å². The second-order valence-electron chi connectivity index (χ2n) is 7.80. The maximum absolute atomic E-state index is 13.4. The average Bonchev–Trinajstić information content (AvgIpc) is 2.73. The van der Waals surface area contributed by atoms with Gasteiger partial charge in [0.1, 0.15) is 0 Å². The highest BCUT2D eigenvalue weighted by molar-refractivity contribution is 6.07. The summed E-state index contributed by atoms with van der Waals surface area (Å²) in [5, 5.41) is 0.907. The Balaban J connectivity index is 1.65. The summed E-state index contributed by atoms with van der Waals surface area (Å²) in [7, 11) is 0. The summed E-state index contributed by atoms with van der Waals surface area (Å²) >= 11 is 0. The van der Waals surface area contributed by atoms with Crippen molar-refractivity contribution in [2.45, 2.75) is 13.8 Å². The van der Waals surface area contributed by atoms with E-state index in [-0.39, 0.29) is 5.91 Å². The molecule has 0 atom stereocenters. The van der Waals surface area contributed by atoms with Gasteiger partial charge in [-0.15, -0.1) is 0 Å². The fourth-order valence-electron chi connectivity index (χ4n) is 3.83. The van der Waals surface area contributed by atoms with Crippen molar-refractivity contribution in [2.75, 3.05) is 32.7 Å². The molecule has 3 aromatic rings. The number of pyridine rings is 2. The van der Waals surface area contributed by atoms with Crippen LogP contribution < -0.4 is 0 Å². The summed E-state index contributed by atoms with van der Waals surface area (Å²) in [6.45, 7) is 8.96. The molecular weight excluding hydrogens is 348 g/mol. The lowest BCUT2D eigenvalue weighted by Crippen LogP contribution is -2.49. The smallest absolute Gasteiger partial charge is 0.254 e. The largest absolute Gasteiger partial charge is 0.336 e.